The van der Waals surface area contributed by atoms with Crippen LogP contribution in [-0.2, 0) is 27.3 Å². The molecule has 8 heteroatoms. The van der Waals surface area contributed by atoms with Crippen molar-refractivity contribution in [3.63, 3.8) is 0 Å². The van der Waals surface area contributed by atoms with E-state index in [1.54, 1.807) is 6.20 Å². The topological polar surface area (TPSA) is 63.6 Å². The Hall–Kier alpha value is 0.312. The Balaban J connectivity index is -0.000000480. The van der Waals surface area contributed by atoms with E-state index in [4.69, 9.17) is 5.73 Å². The third-order valence-electron chi connectivity index (χ3n) is 1.03. The van der Waals surface area contributed by atoms with Crippen LogP contribution in [0.2, 0.25) is 0 Å². The van der Waals surface area contributed by atoms with Crippen LogP contribution in [0.1, 0.15) is 5.69 Å². The number of nitrogens with two attached hydrogens (primary N) is 1. The van der Waals surface area contributed by atoms with Gasteiger partial charge in [0.25, 0.3) is 0 Å². The van der Waals surface area contributed by atoms with Gasteiger partial charge in [-0.1, -0.05) is 0 Å². The monoisotopic (exact) mass is 411 g/mol. The third kappa shape index (κ3) is 10.6. The van der Waals surface area contributed by atoms with Crippen LogP contribution >= 0.6 is 0 Å². The minimum Gasteiger partial charge on any atom is -1.00 e. The van der Waals surface area contributed by atoms with E-state index in [1.807, 2.05) is 18.2 Å². The quantitative estimate of drug-likeness (QED) is 0.229. The van der Waals surface area contributed by atoms with Gasteiger partial charge in [0.15, 0.2) is 0 Å². The molecule has 4 nitrogen and oxygen atoms in total. The molecule has 1 radical (unpaired) electrons. The van der Waals surface area contributed by atoms with Gasteiger partial charge >= 0.3 is 105 Å². The van der Waals surface area contributed by atoms with Gasteiger partial charge in [0, 0.05) is 0 Å². The van der Waals surface area contributed by atoms with Gasteiger partial charge in [0.2, 0.25) is 0 Å². The Bertz CT molecular complexity index is 303. The minimum atomic E-state index is 0. The first-order valence-electron chi connectivity index (χ1n) is 3.23. The van der Waals surface area contributed by atoms with Crippen LogP contribution in [0.15, 0.2) is 34.6 Å². The average molecular weight is 409 g/mol. The van der Waals surface area contributed by atoms with Crippen LogP contribution in [0.25, 0.3) is 0 Å². The smallest absolute Gasteiger partial charge is 1.00 e. The number of rotatable bonds is 2. The van der Waals surface area contributed by atoms with Crippen LogP contribution in [0.3, 0.4) is 0 Å². The first-order chi connectivity index (χ1) is 5.79. The van der Waals surface area contributed by atoms with Gasteiger partial charge in [-0.2, -0.15) is 0 Å². The van der Waals surface area contributed by atoms with Gasteiger partial charge in [0.05, 0.1) is 0 Å². The Labute approximate surface area is 129 Å². The molecule has 0 fully saturated rings. The number of nitrogens with zero attached hydrogens (tertiary/aromatic N) is 3. The molecule has 0 aromatic carbocycles. The molecule has 0 saturated heterocycles. The molecule has 1 aromatic heterocycles. The standard InChI is InChI=1S/C7H7N4Se.Cd.2ClH/c8-7(12)11-10-5-6-3-1-2-4-9-6;;;/h1-5H,(H2,8,11);;2*1H/q;+2;;/p-2/b10-5+;;;. The minimum absolute atomic E-state index is 0. The first kappa shape index (κ1) is 20.7. The van der Waals surface area contributed by atoms with E-state index in [1.165, 1.54) is 6.21 Å². The fraction of sp³-hybridized carbons (Fsp3) is 0. The molecule has 0 amide bonds. The Morgan fingerprint density at radius 1 is 1.40 bits per heavy atom. The molecule has 0 aliphatic carbocycles. The van der Waals surface area contributed by atoms with Crippen molar-refractivity contribution in [2.24, 2.45) is 15.9 Å². The van der Waals surface area contributed by atoms with E-state index in [-0.39, 0.29) is 52.1 Å². The zero-order chi connectivity index (χ0) is 8.81. The van der Waals surface area contributed by atoms with Crippen molar-refractivity contribution in [2.75, 3.05) is 0 Å². The van der Waals surface area contributed by atoms with Gasteiger partial charge in [-0.3, -0.25) is 0 Å². The Morgan fingerprint density at radius 2 is 2.07 bits per heavy atom. The Morgan fingerprint density at radius 3 is 2.53 bits per heavy atom. The zero-order valence-corrected chi connectivity index (χ0v) is 14.9. The van der Waals surface area contributed by atoms with Crippen LogP contribution in [0.4, 0.5) is 0 Å². The summed E-state index contributed by atoms with van der Waals surface area (Å²) in [5.74, 6) is 0. The van der Waals surface area contributed by atoms with E-state index in [9.17, 15) is 0 Å². The van der Waals surface area contributed by atoms with Gasteiger partial charge in [-0.05, 0) is 0 Å². The molecule has 0 saturated carbocycles. The average Bonchev–Trinajstić information content (AvgIpc) is 2.05. The maximum atomic E-state index is 5.22. The number of pyridine rings is 1. The van der Waals surface area contributed by atoms with E-state index in [0.29, 0.717) is 4.73 Å². The summed E-state index contributed by atoms with van der Waals surface area (Å²) in [5.41, 5.74) is 5.97. The summed E-state index contributed by atoms with van der Waals surface area (Å²) in [6, 6.07) is 5.54. The molecule has 0 unspecified atom stereocenters. The van der Waals surface area contributed by atoms with Gasteiger partial charge < -0.3 is 24.8 Å². The van der Waals surface area contributed by atoms with Crippen LogP contribution in [0, 0.1) is 0 Å². The number of amidine groups is 1. The second kappa shape index (κ2) is 12.4. The summed E-state index contributed by atoms with van der Waals surface area (Å²) in [6.07, 6.45) is 3.22. The number of hydrogen-bond donors (Lipinski definition) is 1. The molecule has 1 heterocycles. The first-order valence-corrected chi connectivity index (χ1v) is 4.09. The summed E-state index contributed by atoms with van der Waals surface area (Å²) in [6.45, 7) is 0. The summed E-state index contributed by atoms with van der Waals surface area (Å²) in [7, 11) is 0. The number of hydrogen-bond acceptors (Lipinski definition) is 3. The predicted molar refractivity (Wildman–Crippen MR) is 49.2 cm³/mol. The molecule has 0 bridgehead atoms. The van der Waals surface area contributed by atoms with E-state index in [0.717, 1.165) is 5.69 Å². The molecule has 0 atom stereocenters. The van der Waals surface area contributed by atoms with Crippen LogP contribution in [-0.4, -0.2) is 31.9 Å². The molecule has 15 heavy (non-hydrogen) atoms. The van der Waals surface area contributed by atoms with Crippen molar-refractivity contribution < 1.29 is 52.1 Å². The predicted octanol–water partition coefficient (Wildman–Crippen LogP) is -6.10. The van der Waals surface area contributed by atoms with Crippen molar-refractivity contribution in [1.29, 1.82) is 0 Å². The summed E-state index contributed by atoms with van der Waals surface area (Å²) in [4.78, 5) is 4.01. The fourth-order valence-electron chi connectivity index (χ4n) is 0.597. The van der Waals surface area contributed by atoms with E-state index in [2.05, 4.69) is 31.2 Å². The van der Waals surface area contributed by atoms with E-state index < -0.39 is 0 Å². The van der Waals surface area contributed by atoms with Crippen molar-refractivity contribution in [3.05, 3.63) is 30.1 Å². The van der Waals surface area contributed by atoms with Crippen molar-refractivity contribution in [2.45, 2.75) is 0 Å². The van der Waals surface area contributed by atoms with E-state index >= 15 is 0 Å². The molecular formula is C7H7CdCl2N4Se. The van der Waals surface area contributed by atoms with Crippen molar-refractivity contribution in [3.8, 4) is 0 Å². The second-order valence-corrected chi connectivity index (χ2v) is 2.81. The van der Waals surface area contributed by atoms with Crippen LogP contribution < -0.4 is 30.5 Å². The van der Waals surface area contributed by atoms with Crippen molar-refractivity contribution in [1.82, 2.24) is 4.98 Å². The van der Waals surface area contributed by atoms with Gasteiger partial charge in [0.1, 0.15) is 0 Å². The van der Waals surface area contributed by atoms with Gasteiger partial charge in [-0.25, -0.2) is 0 Å². The SMILES string of the molecule is N/C([Se])=N/N=C/c1ccccn1.[Cd+2].[Cl-].[Cl-]. The number of aromatic nitrogens is 1. The van der Waals surface area contributed by atoms with Gasteiger partial charge in [-0.15, -0.1) is 0 Å². The second-order valence-electron chi connectivity index (χ2n) is 1.94. The van der Waals surface area contributed by atoms with Crippen molar-refractivity contribution >= 4 is 27.0 Å². The molecule has 77 valence electrons. The maximum Gasteiger partial charge on any atom is 2.00 e. The molecular weight excluding hydrogens is 402 g/mol. The largest absolute Gasteiger partial charge is 2.00 e. The normalized spacial score (nSPS) is 9.73. The maximum absolute atomic E-state index is 5.22. The molecule has 1 aromatic rings. The number of halogens is 2. The molecule has 1 rings (SSSR count). The summed E-state index contributed by atoms with van der Waals surface area (Å²) >= 11 is 2.52. The summed E-state index contributed by atoms with van der Waals surface area (Å²) < 4.78 is 0.308. The summed E-state index contributed by atoms with van der Waals surface area (Å²) in [5, 5.41) is 7.27. The molecule has 0 aliphatic heterocycles. The van der Waals surface area contributed by atoms with Crippen LogP contribution in [0.5, 0.6) is 0 Å². The molecule has 0 spiro atoms. The fourth-order valence-corrected chi connectivity index (χ4v) is 0.696. The third-order valence-corrected chi connectivity index (χ3v) is 1.21. The molecule has 0 aliphatic rings. The zero-order valence-electron chi connectivity index (χ0n) is 7.68. The molecule has 2 N–H and O–H groups in total. The Kier molecular flexibility index (Phi) is 17.1.